The maximum Gasteiger partial charge on any atom is 0.251 e. The zero-order valence-electron chi connectivity index (χ0n) is 20.7. The van der Waals surface area contributed by atoms with Crippen molar-refractivity contribution in [2.45, 2.75) is 57.1 Å². The SMILES string of the molecule is CC(C)(N)CNC(=O)c1ccc([C@]2(c3ccc(OCc4ccccn4)cc3)C[C@@H]3CC[C@H]2C3)cc1. The highest BCUT2D eigenvalue weighted by Crippen LogP contribution is 2.60. The van der Waals surface area contributed by atoms with Crippen LogP contribution >= 0.6 is 0 Å². The van der Waals surface area contributed by atoms with Crippen molar-refractivity contribution in [2.24, 2.45) is 17.6 Å². The minimum absolute atomic E-state index is 0.00329. The Morgan fingerprint density at radius 3 is 2.34 bits per heavy atom. The number of amides is 1. The van der Waals surface area contributed by atoms with E-state index in [0.29, 0.717) is 24.6 Å². The van der Waals surface area contributed by atoms with Crippen LogP contribution in [-0.4, -0.2) is 23.0 Å². The molecule has 182 valence electrons. The van der Waals surface area contributed by atoms with Gasteiger partial charge in [0.2, 0.25) is 0 Å². The van der Waals surface area contributed by atoms with Gasteiger partial charge < -0.3 is 15.8 Å². The average Bonchev–Trinajstić information content (AvgIpc) is 3.49. The first-order chi connectivity index (χ1) is 16.8. The van der Waals surface area contributed by atoms with Gasteiger partial charge in [0.1, 0.15) is 12.4 Å². The number of nitrogens with one attached hydrogen (secondary N) is 1. The highest BCUT2D eigenvalue weighted by Gasteiger charge is 2.52. The van der Waals surface area contributed by atoms with E-state index in [9.17, 15) is 4.79 Å². The third kappa shape index (κ3) is 4.96. The summed E-state index contributed by atoms with van der Waals surface area (Å²) in [6.07, 6.45) is 6.82. The minimum atomic E-state index is -0.434. The molecule has 5 rings (SSSR count). The second-order valence-electron chi connectivity index (χ2n) is 10.9. The van der Waals surface area contributed by atoms with Crippen LogP contribution in [0.4, 0.5) is 0 Å². The van der Waals surface area contributed by atoms with Crippen molar-refractivity contribution < 1.29 is 9.53 Å². The zero-order chi connectivity index (χ0) is 24.5. The number of fused-ring (bicyclic) bond motifs is 2. The molecule has 2 aromatic carbocycles. The topological polar surface area (TPSA) is 77.2 Å². The molecule has 2 aliphatic carbocycles. The number of nitrogens with zero attached hydrogens (tertiary/aromatic N) is 1. The summed E-state index contributed by atoms with van der Waals surface area (Å²) in [4.78, 5) is 17.0. The Bertz CT molecular complexity index is 1150. The maximum atomic E-state index is 12.6. The van der Waals surface area contributed by atoms with Gasteiger partial charge in [0.15, 0.2) is 0 Å². The Morgan fingerprint density at radius 1 is 1.06 bits per heavy atom. The van der Waals surface area contributed by atoms with Gasteiger partial charge in [0.05, 0.1) is 5.69 Å². The van der Waals surface area contributed by atoms with E-state index in [-0.39, 0.29) is 11.3 Å². The van der Waals surface area contributed by atoms with Crippen LogP contribution in [0.25, 0.3) is 0 Å². The molecule has 0 aliphatic heterocycles. The quantitative estimate of drug-likeness (QED) is 0.473. The largest absolute Gasteiger partial charge is 0.487 e. The van der Waals surface area contributed by atoms with Gasteiger partial charge in [-0.1, -0.05) is 36.8 Å². The second kappa shape index (κ2) is 9.46. The van der Waals surface area contributed by atoms with Crippen LogP contribution in [0.3, 0.4) is 0 Å². The van der Waals surface area contributed by atoms with E-state index < -0.39 is 5.54 Å². The number of pyridine rings is 1. The lowest BCUT2D eigenvalue weighted by molar-refractivity contribution is 0.0946. The Morgan fingerprint density at radius 2 is 1.77 bits per heavy atom. The molecule has 2 aliphatic rings. The highest BCUT2D eigenvalue weighted by molar-refractivity contribution is 5.94. The van der Waals surface area contributed by atoms with E-state index in [4.69, 9.17) is 10.5 Å². The Balaban J connectivity index is 1.36. The van der Waals surface area contributed by atoms with Crippen LogP contribution in [0.5, 0.6) is 5.75 Å². The second-order valence-corrected chi connectivity index (χ2v) is 10.9. The van der Waals surface area contributed by atoms with Crippen molar-refractivity contribution in [3.63, 3.8) is 0 Å². The van der Waals surface area contributed by atoms with Crippen LogP contribution in [0.1, 0.15) is 66.7 Å². The molecule has 0 unspecified atom stereocenters. The fraction of sp³-hybridized carbons (Fsp3) is 0.400. The van der Waals surface area contributed by atoms with Crippen molar-refractivity contribution in [3.05, 3.63) is 95.3 Å². The molecular formula is C30H35N3O2. The van der Waals surface area contributed by atoms with Gasteiger partial charge in [0, 0.05) is 29.3 Å². The van der Waals surface area contributed by atoms with E-state index in [1.807, 2.05) is 44.2 Å². The van der Waals surface area contributed by atoms with Crippen LogP contribution in [0.2, 0.25) is 0 Å². The van der Waals surface area contributed by atoms with Crippen molar-refractivity contribution in [3.8, 4) is 5.75 Å². The minimum Gasteiger partial charge on any atom is -0.487 e. The molecular weight excluding hydrogens is 434 g/mol. The molecule has 2 fully saturated rings. The first kappa shape index (κ1) is 23.6. The summed E-state index contributed by atoms with van der Waals surface area (Å²) < 4.78 is 5.98. The lowest BCUT2D eigenvalue weighted by Gasteiger charge is -2.39. The smallest absolute Gasteiger partial charge is 0.251 e. The Hall–Kier alpha value is -3.18. The van der Waals surface area contributed by atoms with Crippen LogP contribution in [-0.2, 0) is 12.0 Å². The number of hydrogen-bond donors (Lipinski definition) is 2. The third-order valence-electron chi connectivity index (χ3n) is 7.70. The summed E-state index contributed by atoms with van der Waals surface area (Å²) in [7, 11) is 0. The van der Waals surface area contributed by atoms with Gasteiger partial charge in [-0.15, -0.1) is 0 Å². The van der Waals surface area contributed by atoms with Gasteiger partial charge in [-0.3, -0.25) is 9.78 Å². The predicted molar refractivity (Wildman–Crippen MR) is 138 cm³/mol. The van der Waals surface area contributed by atoms with Gasteiger partial charge in [-0.05, 0) is 92.5 Å². The van der Waals surface area contributed by atoms with Crippen molar-refractivity contribution in [1.29, 1.82) is 0 Å². The first-order valence-corrected chi connectivity index (χ1v) is 12.6. The number of aromatic nitrogens is 1. The normalized spacial score (nSPS) is 23.3. The van der Waals surface area contributed by atoms with Crippen molar-refractivity contribution in [1.82, 2.24) is 10.3 Å². The summed E-state index contributed by atoms with van der Waals surface area (Å²) in [6.45, 7) is 4.71. The maximum absolute atomic E-state index is 12.6. The number of benzene rings is 2. The summed E-state index contributed by atoms with van der Waals surface area (Å²) in [5, 5.41) is 2.94. The van der Waals surface area contributed by atoms with E-state index in [1.165, 1.54) is 36.8 Å². The number of nitrogens with two attached hydrogens (primary N) is 1. The zero-order valence-corrected chi connectivity index (χ0v) is 20.7. The number of ether oxygens (including phenoxy) is 1. The number of carbonyl (C=O) groups is 1. The summed E-state index contributed by atoms with van der Waals surface area (Å²) >= 11 is 0. The Labute approximate surface area is 208 Å². The van der Waals surface area contributed by atoms with Gasteiger partial charge in [0.25, 0.3) is 5.91 Å². The predicted octanol–water partition coefficient (Wildman–Crippen LogP) is 5.23. The molecule has 3 aromatic rings. The molecule has 35 heavy (non-hydrogen) atoms. The number of carbonyl (C=O) groups excluding carboxylic acids is 1. The van der Waals surface area contributed by atoms with Gasteiger partial charge >= 0.3 is 0 Å². The molecule has 5 heteroatoms. The Kier molecular flexibility index (Phi) is 6.37. The third-order valence-corrected chi connectivity index (χ3v) is 7.70. The molecule has 1 aromatic heterocycles. The number of rotatable bonds is 8. The summed E-state index contributed by atoms with van der Waals surface area (Å²) in [5.74, 6) is 2.18. The fourth-order valence-corrected chi connectivity index (χ4v) is 6.02. The standard InChI is InChI=1S/C30H35N3O2/c1-29(2,31)20-33-28(34)22-7-10-23(11-8-22)30(18-21-6-9-25(30)17-21)24-12-14-27(15-13-24)35-19-26-5-3-4-16-32-26/h3-5,7-8,10-16,21,25H,6,9,17-20,31H2,1-2H3,(H,33,34)/t21-,25+,30+/m1/s1. The lowest BCUT2D eigenvalue weighted by Crippen LogP contribution is -2.45. The fourth-order valence-electron chi connectivity index (χ4n) is 6.02. The van der Waals surface area contributed by atoms with Crippen molar-refractivity contribution in [2.75, 3.05) is 6.54 Å². The van der Waals surface area contributed by atoms with Crippen LogP contribution < -0.4 is 15.8 Å². The lowest BCUT2D eigenvalue weighted by atomic mass is 9.64. The van der Waals surface area contributed by atoms with E-state index >= 15 is 0 Å². The average molecular weight is 470 g/mol. The van der Waals surface area contributed by atoms with Crippen LogP contribution in [0, 0.1) is 11.8 Å². The molecule has 0 saturated heterocycles. The van der Waals surface area contributed by atoms with Crippen molar-refractivity contribution >= 4 is 5.91 Å². The van der Waals surface area contributed by atoms with Gasteiger partial charge in [-0.25, -0.2) is 0 Å². The molecule has 1 heterocycles. The molecule has 2 bridgehead atoms. The summed E-state index contributed by atoms with van der Waals surface area (Å²) in [6, 6.07) is 22.7. The van der Waals surface area contributed by atoms with Gasteiger partial charge in [-0.2, -0.15) is 0 Å². The van der Waals surface area contributed by atoms with E-state index in [0.717, 1.165) is 17.4 Å². The molecule has 0 spiro atoms. The summed E-state index contributed by atoms with van der Waals surface area (Å²) in [5.41, 5.74) is 9.82. The van der Waals surface area contributed by atoms with E-state index in [1.54, 1.807) is 6.20 Å². The molecule has 3 atom stereocenters. The number of hydrogen-bond acceptors (Lipinski definition) is 4. The molecule has 5 nitrogen and oxygen atoms in total. The molecule has 2 saturated carbocycles. The first-order valence-electron chi connectivity index (χ1n) is 12.6. The monoisotopic (exact) mass is 469 g/mol. The molecule has 0 radical (unpaired) electrons. The molecule has 3 N–H and O–H groups in total. The van der Waals surface area contributed by atoms with E-state index in [2.05, 4.69) is 46.7 Å². The highest BCUT2D eigenvalue weighted by atomic mass is 16.5. The van der Waals surface area contributed by atoms with Crippen LogP contribution in [0.15, 0.2) is 72.9 Å². The molecule has 1 amide bonds.